The molecule has 8 nitrogen and oxygen atoms in total. The van der Waals surface area contributed by atoms with E-state index in [1.807, 2.05) is 39.3 Å². The Morgan fingerprint density at radius 2 is 1.92 bits per heavy atom. The van der Waals surface area contributed by atoms with Gasteiger partial charge in [0.15, 0.2) is 5.78 Å². The molecule has 1 saturated carbocycles. The summed E-state index contributed by atoms with van der Waals surface area (Å²) in [7, 11) is 1.38. The third-order valence-corrected chi connectivity index (χ3v) is 6.82. The lowest BCUT2D eigenvalue weighted by molar-refractivity contribution is 0.0600. The van der Waals surface area contributed by atoms with Crippen molar-refractivity contribution in [3.05, 3.63) is 54.0 Å². The van der Waals surface area contributed by atoms with E-state index in [-0.39, 0.29) is 5.78 Å². The zero-order valence-electron chi connectivity index (χ0n) is 21.0. The summed E-state index contributed by atoms with van der Waals surface area (Å²) >= 11 is 0. The van der Waals surface area contributed by atoms with E-state index in [2.05, 4.69) is 12.2 Å². The summed E-state index contributed by atoms with van der Waals surface area (Å²) in [6.45, 7) is 4.25. The van der Waals surface area contributed by atoms with Gasteiger partial charge in [-0.2, -0.15) is 0 Å². The van der Waals surface area contributed by atoms with Gasteiger partial charge in [0.05, 0.1) is 30.5 Å². The van der Waals surface area contributed by atoms with Crippen molar-refractivity contribution in [2.24, 2.45) is 0 Å². The van der Waals surface area contributed by atoms with E-state index < -0.39 is 5.97 Å². The number of pyridine rings is 2. The number of methoxy groups -OCH3 is 1. The highest BCUT2D eigenvalue weighted by molar-refractivity contribution is 5.99. The van der Waals surface area contributed by atoms with E-state index >= 15 is 0 Å². The van der Waals surface area contributed by atoms with Crippen molar-refractivity contribution in [1.82, 2.24) is 13.8 Å². The normalized spacial score (nSPS) is 14.3. The van der Waals surface area contributed by atoms with Crippen molar-refractivity contribution in [2.75, 3.05) is 19.0 Å². The first-order valence-corrected chi connectivity index (χ1v) is 12.7. The number of nitrogens with zero attached hydrogens (tertiary/aromatic N) is 3. The molecule has 0 amide bonds. The second-order valence-corrected chi connectivity index (χ2v) is 9.39. The number of carbonyl (C=O) groups excluding carboxylic acids is 2. The Labute approximate surface area is 210 Å². The first kappa shape index (κ1) is 23.9. The van der Waals surface area contributed by atoms with Gasteiger partial charge in [-0.25, -0.2) is 9.78 Å². The smallest absolute Gasteiger partial charge is 0.339 e. The molecule has 8 heteroatoms. The predicted octanol–water partition coefficient (Wildman–Crippen LogP) is 5.78. The van der Waals surface area contributed by atoms with Crippen molar-refractivity contribution in [3.8, 4) is 17.0 Å². The first-order chi connectivity index (χ1) is 17.5. The number of imidazole rings is 1. The van der Waals surface area contributed by atoms with Crippen LogP contribution in [0.15, 0.2) is 42.7 Å². The van der Waals surface area contributed by atoms with Gasteiger partial charge >= 0.3 is 5.97 Å². The van der Waals surface area contributed by atoms with Gasteiger partial charge in [-0.3, -0.25) is 9.20 Å². The summed E-state index contributed by atoms with van der Waals surface area (Å²) in [5.74, 6) is 1.13. The fourth-order valence-corrected chi connectivity index (χ4v) is 5.00. The van der Waals surface area contributed by atoms with E-state index in [0.717, 1.165) is 47.6 Å². The molecule has 0 bridgehead atoms. The quantitative estimate of drug-likeness (QED) is 0.250. The third-order valence-electron chi connectivity index (χ3n) is 6.82. The molecule has 1 aliphatic carbocycles. The Morgan fingerprint density at radius 3 is 2.64 bits per heavy atom. The number of Topliss-reactive ketones (excluding diaryl/α,β-unsaturated/α-hetero) is 1. The molecule has 0 saturated heterocycles. The van der Waals surface area contributed by atoms with Crippen LogP contribution in [0.25, 0.3) is 22.4 Å². The lowest BCUT2D eigenvalue weighted by atomic mass is 9.95. The lowest BCUT2D eigenvalue weighted by Gasteiger charge is -2.24. The number of hydrogen-bond donors (Lipinski definition) is 1. The van der Waals surface area contributed by atoms with Gasteiger partial charge in [0, 0.05) is 37.0 Å². The van der Waals surface area contributed by atoms with Crippen molar-refractivity contribution < 1.29 is 19.1 Å². The summed E-state index contributed by atoms with van der Waals surface area (Å²) in [6, 6.07) is 9.59. The summed E-state index contributed by atoms with van der Waals surface area (Å²) in [6.07, 6.45) is 10.3. The van der Waals surface area contributed by atoms with Gasteiger partial charge < -0.3 is 19.2 Å². The average Bonchev–Trinajstić information content (AvgIpc) is 3.45. The van der Waals surface area contributed by atoms with Crippen LogP contribution in [-0.2, 0) is 4.74 Å². The Bertz CT molecular complexity index is 1430. The monoisotopic (exact) mass is 488 g/mol. The molecule has 4 aromatic rings. The van der Waals surface area contributed by atoms with Crippen LogP contribution in [0, 0.1) is 0 Å². The number of aromatic nitrogens is 3. The zero-order chi connectivity index (χ0) is 25.2. The molecule has 5 rings (SSSR count). The first-order valence-electron chi connectivity index (χ1n) is 12.7. The Hall–Kier alpha value is -3.81. The Kier molecular flexibility index (Phi) is 6.67. The molecule has 0 unspecified atom stereocenters. The highest BCUT2D eigenvalue weighted by atomic mass is 16.5. The topological polar surface area (TPSA) is 86.3 Å². The molecular weight excluding hydrogens is 456 g/mol. The zero-order valence-corrected chi connectivity index (χ0v) is 21.0. The largest absolute Gasteiger partial charge is 0.493 e. The van der Waals surface area contributed by atoms with Crippen LogP contribution in [0.3, 0.4) is 0 Å². The minimum atomic E-state index is -0.401. The average molecular weight is 489 g/mol. The molecule has 1 N–H and O–H groups in total. The molecular formula is C28H32N4O4. The molecule has 4 aromatic heterocycles. The van der Waals surface area contributed by atoms with Gasteiger partial charge in [0.1, 0.15) is 22.9 Å². The maximum atomic E-state index is 12.5. The fourth-order valence-electron chi connectivity index (χ4n) is 5.00. The van der Waals surface area contributed by atoms with Gasteiger partial charge in [0.2, 0.25) is 0 Å². The summed E-state index contributed by atoms with van der Waals surface area (Å²) in [4.78, 5) is 29.8. The second-order valence-electron chi connectivity index (χ2n) is 9.39. The second kappa shape index (κ2) is 10.0. The minimum Gasteiger partial charge on any atom is -0.493 e. The molecule has 1 fully saturated rings. The van der Waals surface area contributed by atoms with Crippen LogP contribution in [-0.4, -0.2) is 45.3 Å². The number of anilines is 1. The van der Waals surface area contributed by atoms with E-state index in [0.29, 0.717) is 29.6 Å². The molecule has 1 aliphatic rings. The van der Waals surface area contributed by atoms with Gasteiger partial charge in [-0.1, -0.05) is 26.2 Å². The van der Waals surface area contributed by atoms with Crippen molar-refractivity contribution in [2.45, 2.75) is 58.4 Å². The number of nitrogens with one attached hydrogen (secondary N) is 1. The van der Waals surface area contributed by atoms with Gasteiger partial charge in [-0.05, 0) is 43.5 Å². The summed E-state index contributed by atoms with van der Waals surface area (Å²) in [5.41, 5.74) is 4.15. The molecule has 4 heterocycles. The molecule has 0 radical (unpaired) electrons. The highest BCUT2D eigenvalue weighted by Gasteiger charge is 2.24. The van der Waals surface area contributed by atoms with Crippen LogP contribution in [0.4, 0.5) is 5.82 Å². The number of carbonyl (C=O) groups is 2. The highest BCUT2D eigenvalue weighted by Crippen LogP contribution is 2.37. The van der Waals surface area contributed by atoms with E-state index in [1.165, 1.54) is 26.4 Å². The number of hydrogen-bond acceptors (Lipinski definition) is 6. The maximum absolute atomic E-state index is 12.5. The third kappa shape index (κ3) is 4.43. The number of ether oxygens (including phenoxy) is 2. The lowest BCUT2D eigenvalue weighted by Crippen LogP contribution is -2.23. The van der Waals surface area contributed by atoms with Crippen LogP contribution in [0.1, 0.15) is 73.2 Å². The van der Waals surface area contributed by atoms with Crippen LogP contribution >= 0.6 is 0 Å². The number of rotatable bonds is 8. The molecule has 0 aliphatic heterocycles. The molecule has 188 valence electrons. The van der Waals surface area contributed by atoms with Crippen LogP contribution in [0.5, 0.6) is 5.75 Å². The van der Waals surface area contributed by atoms with Gasteiger partial charge in [-0.15, -0.1) is 0 Å². The van der Waals surface area contributed by atoms with Crippen molar-refractivity contribution in [1.29, 1.82) is 0 Å². The fraction of sp³-hybridized carbons (Fsp3) is 0.393. The van der Waals surface area contributed by atoms with Crippen LogP contribution < -0.4 is 10.1 Å². The number of esters is 1. The Morgan fingerprint density at radius 1 is 1.11 bits per heavy atom. The van der Waals surface area contributed by atoms with Crippen LogP contribution in [0.2, 0.25) is 0 Å². The standard InChI is InChI=1S/C28H32N4O4/c1-4-14-36-21-12-13-31-23(18(2)33)16-22(24(31)15-21)26-27(29-20-8-6-5-7-9-20)32-17-19(28(34)35-3)10-11-25(32)30-26/h10-13,15-17,20,29H,4-9,14H2,1-3H3. The van der Waals surface area contributed by atoms with E-state index in [4.69, 9.17) is 14.5 Å². The minimum absolute atomic E-state index is 0.0305. The van der Waals surface area contributed by atoms with Gasteiger partial charge in [0.25, 0.3) is 0 Å². The predicted molar refractivity (Wildman–Crippen MR) is 139 cm³/mol. The summed E-state index contributed by atoms with van der Waals surface area (Å²) < 4.78 is 14.7. The number of ketones is 1. The summed E-state index contributed by atoms with van der Waals surface area (Å²) in [5, 5.41) is 3.73. The molecule has 36 heavy (non-hydrogen) atoms. The van der Waals surface area contributed by atoms with Crippen molar-refractivity contribution in [3.63, 3.8) is 0 Å². The SMILES string of the molecule is CCCOc1ccn2c(C(C)=O)cc(-c3nc4ccc(C(=O)OC)cn4c3NC3CCCCC3)c2c1. The molecule has 0 aromatic carbocycles. The van der Waals surface area contributed by atoms with E-state index in [1.54, 1.807) is 19.2 Å². The maximum Gasteiger partial charge on any atom is 0.339 e. The molecule has 0 atom stereocenters. The molecule has 0 spiro atoms. The number of fused-ring (bicyclic) bond motifs is 2. The Balaban J connectivity index is 1.72. The van der Waals surface area contributed by atoms with Crippen molar-refractivity contribution >= 4 is 28.7 Å². The van der Waals surface area contributed by atoms with E-state index in [9.17, 15) is 9.59 Å².